The maximum Gasteiger partial charge on any atom is 0.251 e. The average molecular weight is 352 g/mol. The molecule has 1 aliphatic carbocycles. The molecule has 1 heterocycles. The van der Waals surface area contributed by atoms with Crippen LogP contribution in [-0.4, -0.2) is 18.6 Å². The molecular weight excluding hydrogens is 332 g/mol. The first-order valence-corrected chi connectivity index (χ1v) is 8.68. The SMILES string of the molecule is CC1CC1C(=O)Nc1ccc(C(=O)NCc2ccc3c(c2)OCO3)cc1. The summed E-state index contributed by atoms with van der Waals surface area (Å²) in [7, 11) is 0. The highest BCUT2D eigenvalue weighted by Gasteiger charge is 2.39. The van der Waals surface area contributed by atoms with Gasteiger partial charge in [0.05, 0.1) is 0 Å². The molecule has 2 amide bonds. The number of fused-ring (bicyclic) bond motifs is 1. The van der Waals surface area contributed by atoms with Gasteiger partial charge in [-0.3, -0.25) is 9.59 Å². The molecule has 2 N–H and O–H groups in total. The van der Waals surface area contributed by atoms with Gasteiger partial charge in [0.2, 0.25) is 12.7 Å². The first-order chi connectivity index (χ1) is 12.6. The van der Waals surface area contributed by atoms with Crippen LogP contribution < -0.4 is 20.1 Å². The summed E-state index contributed by atoms with van der Waals surface area (Å²) in [5.41, 5.74) is 2.19. The van der Waals surface area contributed by atoms with Crippen LogP contribution in [0.15, 0.2) is 42.5 Å². The predicted octanol–water partition coefficient (Wildman–Crippen LogP) is 2.94. The van der Waals surface area contributed by atoms with E-state index in [-0.39, 0.29) is 24.5 Å². The van der Waals surface area contributed by atoms with Crippen LogP contribution in [0.5, 0.6) is 11.5 Å². The molecule has 2 unspecified atom stereocenters. The summed E-state index contributed by atoms with van der Waals surface area (Å²) in [4.78, 5) is 24.2. The van der Waals surface area contributed by atoms with E-state index < -0.39 is 0 Å². The van der Waals surface area contributed by atoms with Crippen LogP contribution in [0.3, 0.4) is 0 Å². The number of amides is 2. The zero-order valence-corrected chi connectivity index (χ0v) is 14.5. The second-order valence-electron chi connectivity index (χ2n) is 6.76. The van der Waals surface area contributed by atoms with Crippen LogP contribution in [-0.2, 0) is 11.3 Å². The molecule has 0 aromatic heterocycles. The van der Waals surface area contributed by atoms with Gasteiger partial charge in [-0.05, 0) is 54.3 Å². The number of carbonyl (C=O) groups excluding carboxylic acids is 2. The van der Waals surface area contributed by atoms with E-state index in [1.54, 1.807) is 24.3 Å². The second kappa shape index (κ2) is 6.71. The standard InChI is InChI=1S/C20H20N2O4/c1-12-8-16(12)20(24)22-15-5-3-14(4-6-15)19(23)21-10-13-2-7-17-18(9-13)26-11-25-17/h2-7,9,12,16H,8,10-11H2,1H3,(H,21,23)(H,22,24). The number of hydrogen-bond acceptors (Lipinski definition) is 4. The molecule has 6 heteroatoms. The van der Waals surface area contributed by atoms with Crippen molar-refractivity contribution >= 4 is 17.5 Å². The summed E-state index contributed by atoms with van der Waals surface area (Å²) in [5.74, 6) is 1.89. The van der Waals surface area contributed by atoms with Crippen molar-refractivity contribution in [1.82, 2.24) is 5.32 Å². The quantitative estimate of drug-likeness (QED) is 0.867. The number of anilines is 1. The van der Waals surface area contributed by atoms with Crippen molar-refractivity contribution in [3.05, 3.63) is 53.6 Å². The minimum atomic E-state index is -0.170. The largest absolute Gasteiger partial charge is 0.454 e. The molecule has 6 nitrogen and oxygen atoms in total. The van der Waals surface area contributed by atoms with Crippen molar-refractivity contribution < 1.29 is 19.1 Å². The van der Waals surface area contributed by atoms with Crippen LogP contribution in [0, 0.1) is 11.8 Å². The third-order valence-corrected chi connectivity index (χ3v) is 4.75. The second-order valence-corrected chi connectivity index (χ2v) is 6.76. The van der Waals surface area contributed by atoms with Crippen LogP contribution in [0.25, 0.3) is 0 Å². The van der Waals surface area contributed by atoms with Gasteiger partial charge in [-0.15, -0.1) is 0 Å². The Balaban J connectivity index is 1.32. The molecular formula is C20H20N2O4. The number of carbonyl (C=O) groups is 2. The molecule has 4 rings (SSSR count). The Kier molecular flexibility index (Phi) is 4.24. The van der Waals surface area contributed by atoms with Crippen molar-refractivity contribution in [2.75, 3.05) is 12.1 Å². The number of benzene rings is 2. The highest BCUT2D eigenvalue weighted by Crippen LogP contribution is 2.38. The summed E-state index contributed by atoms with van der Waals surface area (Å²) in [5, 5.41) is 5.76. The highest BCUT2D eigenvalue weighted by atomic mass is 16.7. The fraction of sp³-hybridized carbons (Fsp3) is 0.300. The third-order valence-electron chi connectivity index (χ3n) is 4.75. The van der Waals surface area contributed by atoms with E-state index in [0.717, 1.165) is 17.7 Å². The van der Waals surface area contributed by atoms with Gasteiger partial charge in [-0.25, -0.2) is 0 Å². The molecule has 0 spiro atoms. The number of nitrogens with one attached hydrogen (secondary N) is 2. The minimum absolute atomic E-state index is 0.0532. The summed E-state index contributed by atoms with van der Waals surface area (Å²) in [6, 6.07) is 12.5. The van der Waals surface area contributed by atoms with Crippen LogP contribution in [0.4, 0.5) is 5.69 Å². The summed E-state index contributed by atoms with van der Waals surface area (Å²) in [6.45, 7) is 2.69. The lowest BCUT2D eigenvalue weighted by Gasteiger charge is -2.08. The normalized spacial score (nSPS) is 19.7. The molecule has 0 saturated heterocycles. The Hall–Kier alpha value is -3.02. The van der Waals surface area contributed by atoms with Crippen molar-refractivity contribution in [3.63, 3.8) is 0 Å². The van der Waals surface area contributed by atoms with Gasteiger partial charge in [-0.2, -0.15) is 0 Å². The molecule has 2 aliphatic rings. The maximum absolute atomic E-state index is 12.3. The van der Waals surface area contributed by atoms with E-state index >= 15 is 0 Å². The van der Waals surface area contributed by atoms with Crippen molar-refractivity contribution in [3.8, 4) is 11.5 Å². The topological polar surface area (TPSA) is 76.7 Å². The smallest absolute Gasteiger partial charge is 0.251 e. The Morgan fingerprint density at radius 2 is 1.81 bits per heavy atom. The first kappa shape index (κ1) is 16.4. The Morgan fingerprint density at radius 3 is 2.54 bits per heavy atom. The molecule has 26 heavy (non-hydrogen) atoms. The molecule has 1 saturated carbocycles. The zero-order chi connectivity index (χ0) is 18.1. The fourth-order valence-electron chi connectivity index (χ4n) is 2.96. The van der Waals surface area contributed by atoms with E-state index in [2.05, 4.69) is 17.6 Å². The maximum atomic E-state index is 12.3. The van der Waals surface area contributed by atoms with Crippen LogP contribution in [0.1, 0.15) is 29.3 Å². The van der Waals surface area contributed by atoms with Gasteiger partial charge < -0.3 is 20.1 Å². The molecule has 1 fully saturated rings. The lowest BCUT2D eigenvalue weighted by molar-refractivity contribution is -0.117. The highest BCUT2D eigenvalue weighted by molar-refractivity contribution is 5.96. The van der Waals surface area contributed by atoms with Gasteiger partial charge in [-0.1, -0.05) is 13.0 Å². The Labute approximate surface area is 151 Å². The number of ether oxygens (including phenoxy) is 2. The zero-order valence-electron chi connectivity index (χ0n) is 14.5. The van der Waals surface area contributed by atoms with E-state index in [1.807, 2.05) is 18.2 Å². The Bertz CT molecular complexity index is 847. The van der Waals surface area contributed by atoms with Gasteiger partial charge in [0.25, 0.3) is 5.91 Å². The van der Waals surface area contributed by atoms with E-state index in [9.17, 15) is 9.59 Å². The van der Waals surface area contributed by atoms with E-state index in [1.165, 1.54) is 0 Å². The first-order valence-electron chi connectivity index (χ1n) is 8.68. The van der Waals surface area contributed by atoms with E-state index in [0.29, 0.717) is 29.5 Å². The number of rotatable bonds is 5. The predicted molar refractivity (Wildman–Crippen MR) is 96.1 cm³/mol. The van der Waals surface area contributed by atoms with E-state index in [4.69, 9.17) is 9.47 Å². The summed E-state index contributed by atoms with van der Waals surface area (Å²) < 4.78 is 10.6. The molecule has 1 aliphatic heterocycles. The molecule has 0 radical (unpaired) electrons. The molecule has 2 atom stereocenters. The van der Waals surface area contributed by atoms with Crippen LogP contribution >= 0.6 is 0 Å². The van der Waals surface area contributed by atoms with Gasteiger partial charge in [0, 0.05) is 23.7 Å². The van der Waals surface area contributed by atoms with Crippen molar-refractivity contribution in [2.24, 2.45) is 11.8 Å². The van der Waals surface area contributed by atoms with Gasteiger partial charge in [0.1, 0.15) is 0 Å². The van der Waals surface area contributed by atoms with Gasteiger partial charge >= 0.3 is 0 Å². The van der Waals surface area contributed by atoms with Gasteiger partial charge in [0.15, 0.2) is 11.5 Å². The van der Waals surface area contributed by atoms with Crippen molar-refractivity contribution in [1.29, 1.82) is 0 Å². The fourth-order valence-corrected chi connectivity index (χ4v) is 2.96. The Morgan fingerprint density at radius 1 is 1.08 bits per heavy atom. The average Bonchev–Trinajstić information content (AvgIpc) is 3.20. The van der Waals surface area contributed by atoms with Crippen LogP contribution in [0.2, 0.25) is 0 Å². The third kappa shape index (κ3) is 3.49. The molecule has 2 aromatic rings. The monoisotopic (exact) mass is 352 g/mol. The number of hydrogen-bond donors (Lipinski definition) is 2. The molecule has 0 bridgehead atoms. The summed E-state index contributed by atoms with van der Waals surface area (Å²) >= 11 is 0. The molecule has 2 aromatic carbocycles. The molecule has 134 valence electrons. The lowest BCUT2D eigenvalue weighted by Crippen LogP contribution is -2.22. The lowest BCUT2D eigenvalue weighted by atomic mass is 10.1. The van der Waals surface area contributed by atoms with Crippen molar-refractivity contribution in [2.45, 2.75) is 19.9 Å². The summed E-state index contributed by atoms with van der Waals surface area (Å²) in [6.07, 6.45) is 0.951. The minimum Gasteiger partial charge on any atom is -0.454 e.